The number of carbonyl (C=O) groups excluding carboxylic acids is 1. The number of hydrogen-bond acceptors (Lipinski definition) is 3. The van der Waals surface area contributed by atoms with Gasteiger partial charge in [0.15, 0.2) is 0 Å². The normalized spacial score (nSPS) is 16.5. The number of anilines is 1. The molecule has 0 bridgehead atoms. The number of carbonyl (C=O) groups is 1. The van der Waals surface area contributed by atoms with Crippen molar-refractivity contribution in [2.24, 2.45) is 5.41 Å². The summed E-state index contributed by atoms with van der Waals surface area (Å²) in [5.41, 5.74) is 4.40. The molecule has 5 heteroatoms. The van der Waals surface area contributed by atoms with Gasteiger partial charge in [-0.15, -0.1) is 0 Å². The first-order chi connectivity index (χ1) is 15.6. The van der Waals surface area contributed by atoms with Crippen molar-refractivity contribution in [2.75, 3.05) is 12.4 Å². The molecule has 0 saturated heterocycles. The van der Waals surface area contributed by atoms with Crippen LogP contribution in [0.2, 0.25) is 0 Å². The summed E-state index contributed by atoms with van der Waals surface area (Å²) in [6, 6.07) is 10.8. The minimum absolute atomic E-state index is 0.0831. The molecule has 2 N–H and O–H groups in total. The van der Waals surface area contributed by atoms with Crippen LogP contribution >= 0.6 is 0 Å². The molecule has 0 fully saturated rings. The van der Waals surface area contributed by atoms with Crippen molar-refractivity contribution in [3.05, 3.63) is 82.5 Å². The lowest BCUT2D eigenvalue weighted by atomic mass is 9.72. The Morgan fingerprint density at radius 1 is 1.18 bits per heavy atom. The van der Waals surface area contributed by atoms with E-state index in [0.717, 1.165) is 12.8 Å². The van der Waals surface area contributed by atoms with Crippen molar-refractivity contribution in [3.8, 4) is 11.5 Å². The van der Waals surface area contributed by atoms with Gasteiger partial charge in [0.25, 0.3) is 5.91 Å². The highest BCUT2D eigenvalue weighted by Gasteiger charge is 2.26. The third-order valence-electron chi connectivity index (χ3n) is 6.21. The van der Waals surface area contributed by atoms with Crippen LogP contribution in [0.3, 0.4) is 0 Å². The molecule has 4 nitrogen and oxygen atoms in total. The molecule has 0 atom stereocenters. The van der Waals surface area contributed by atoms with E-state index in [1.54, 1.807) is 31.2 Å². The zero-order valence-electron chi connectivity index (χ0n) is 20.0. The Morgan fingerprint density at radius 3 is 2.52 bits per heavy atom. The number of aromatic hydroxyl groups is 1. The van der Waals surface area contributed by atoms with Gasteiger partial charge >= 0.3 is 0 Å². The van der Waals surface area contributed by atoms with E-state index in [-0.39, 0.29) is 28.6 Å². The number of amides is 1. The van der Waals surface area contributed by atoms with Crippen molar-refractivity contribution in [3.63, 3.8) is 0 Å². The lowest BCUT2D eigenvalue weighted by molar-refractivity contribution is 0.102. The number of phenolic OH excluding ortho intramolecular Hbond substituents is 1. The predicted molar refractivity (Wildman–Crippen MR) is 132 cm³/mol. The third kappa shape index (κ3) is 5.72. The van der Waals surface area contributed by atoms with Crippen molar-refractivity contribution in [2.45, 2.75) is 47.0 Å². The first kappa shape index (κ1) is 24.3. The molecule has 0 aliphatic heterocycles. The number of allylic oxidation sites excluding steroid dienone is 5. The zero-order chi connectivity index (χ0) is 24.2. The molecule has 0 saturated carbocycles. The second kappa shape index (κ2) is 10.1. The van der Waals surface area contributed by atoms with Crippen LogP contribution < -0.4 is 10.1 Å². The molecule has 0 aromatic heterocycles. The molecule has 1 aliphatic carbocycles. The second-order valence-corrected chi connectivity index (χ2v) is 9.18. The molecule has 0 radical (unpaired) electrons. The third-order valence-corrected chi connectivity index (χ3v) is 6.21. The van der Waals surface area contributed by atoms with Crippen LogP contribution in [0, 0.1) is 5.41 Å². The topological polar surface area (TPSA) is 58.6 Å². The van der Waals surface area contributed by atoms with Gasteiger partial charge in [-0.1, -0.05) is 31.6 Å². The highest BCUT2D eigenvalue weighted by molar-refractivity contribution is 6.04. The van der Waals surface area contributed by atoms with Gasteiger partial charge in [0.1, 0.15) is 17.3 Å². The summed E-state index contributed by atoms with van der Waals surface area (Å²) in [5.74, 6) is -0.342. The van der Waals surface area contributed by atoms with Gasteiger partial charge in [0, 0.05) is 11.3 Å². The summed E-state index contributed by atoms with van der Waals surface area (Å²) in [7, 11) is 1.46. The minimum atomic E-state index is -0.388. The van der Waals surface area contributed by atoms with Crippen molar-refractivity contribution in [1.82, 2.24) is 0 Å². The van der Waals surface area contributed by atoms with Crippen LogP contribution in [-0.2, 0) is 0 Å². The maximum atomic E-state index is 15.3. The van der Waals surface area contributed by atoms with E-state index in [4.69, 9.17) is 4.74 Å². The molecule has 1 amide bonds. The van der Waals surface area contributed by atoms with Crippen molar-refractivity contribution in [1.29, 1.82) is 0 Å². The number of nitrogens with one attached hydrogen (secondary N) is 1. The SMILES string of the molecule is COc1cc(C(=O)Nc2ccc(O)cc2)ccc1C(F)=C(C)C=CC1=C(C)CCCC1(C)C. The molecule has 2 aromatic carbocycles. The molecular weight excluding hydrogens is 417 g/mol. The fraction of sp³-hybridized carbons (Fsp3) is 0.321. The fourth-order valence-corrected chi connectivity index (χ4v) is 4.27. The quantitative estimate of drug-likeness (QED) is 0.356. The van der Waals surface area contributed by atoms with E-state index in [9.17, 15) is 9.90 Å². The van der Waals surface area contributed by atoms with E-state index in [1.165, 1.54) is 42.9 Å². The summed E-state index contributed by atoms with van der Waals surface area (Å²) < 4.78 is 20.7. The Balaban J connectivity index is 1.85. The van der Waals surface area contributed by atoms with Crippen molar-refractivity contribution < 1.29 is 19.0 Å². The number of rotatable bonds is 6. The maximum Gasteiger partial charge on any atom is 0.255 e. The largest absolute Gasteiger partial charge is 0.508 e. The first-order valence-corrected chi connectivity index (χ1v) is 11.2. The van der Waals surface area contributed by atoms with E-state index in [1.807, 2.05) is 12.2 Å². The summed E-state index contributed by atoms with van der Waals surface area (Å²) in [6.07, 6.45) is 7.25. The molecular formula is C28H32FNO3. The van der Waals surface area contributed by atoms with E-state index in [0.29, 0.717) is 22.4 Å². The lowest BCUT2D eigenvalue weighted by Crippen LogP contribution is -2.19. The van der Waals surface area contributed by atoms with E-state index in [2.05, 4.69) is 26.1 Å². The van der Waals surface area contributed by atoms with Crippen LogP contribution in [0.4, 0.5) is 10.1 Å². The summed E-state index contributed by atoms with van der Waals surface area (Å²) in [6.45, 7) is 8.36. The number of benzene rings is 2. The summed E-state index contributed by atoms with van der Waals surface area (Å²) >= 11 is 0. The van der Waals surface area contributed by atoms with E-state index >= 15 is 4.39 Å². The van der Waals surface area contributed by atoms with Gasteiger partial charge in [-0.25, -0.2) is 4.39 Å². The monoisotopic (exact) mass is 449 g/mol. The van der Waals surface area contributed by atoms with Gasteiger partial charge in [0.2, 0.25) is 0 Å². The molecule has 1 aliphatic rings. The van der Waals surface area contributed by atoms with Gasteiger partial charge < -0.3 is 15.2 Å². The number of ether oxygens (including phenoxy) is 1. The highest BCUT2D eigenvalue weighted by atomic mass is 19.1. The van der Waals surface area contributed by atoms with Gasteiger partial charge in [0.05, 0.1) is 12.7 Å². The Morgan fingerprint density at radius 2 is 1.88 bits per heavy atom. The molecule has 174 valence electrons. The van der Waals surface area contributed by atoms with Gasteiger partial charge in [-0.05, 0) is 92.1 Å². The number of halogens is 1. The zero-order valence-corrected chi connectivity index (χ0v) is 20.0. The number of methoxy groups -OCH3 is 1. The fourth-order valence-electron chi connectivity index (χ4n) is 4.27. The van der Waals surface area contributed by atoms with Crippen LogP contribution in [0.15, 0.2) is 71.3 Å². The highest BCUT2D eigenvalue weighted by Crippen LogP contribution is 2.41. The van der Waals surface area contributed by atoms with Crippen LogP contribution in [0.25, 0.3) is 5.83 Å². The van der Waals surface area contributed by atoms with Gasteiger partial charge in [-0.2, -0.15) is 0 Å². The first-order valence-electron chi connectivity index (χ1n) is 11.2. The Hall–Kier alpha value is -3.34. The smallest absolute Gasteiger partial charge is 0.255 e. The average Bonchev–Trinajstić information content (AvgIpc) is 2.78. The maximum absolute atomic E-state index is 15.3. The standard InChI is InChI=1S/C28H32FNO3/c1-18-7-6-16-28(3,4)24(18)15-8-19(2)26(29)23-14-9-20(17-25(23)33-5)27(32)30-21-10-12-22(31)13-11-21/h8-15,17,31H,6-7,16H2,1-5H3,(H,30,32). The molecule has 33 heavy (non-hydrogen) atoms. The Labute approximate surface area is 195 Å². The second-order valence-electron chi connectivity index (χ2n) is 9.18. The van der Waals surface area contributed by atoms with Crippen LogP contribution in [0.5, 0.6) is 11.5 Å². The predicted octanol–water partition coefficient (Wildman–Crippen LogP) is 7.44. The minimum Gasteiger partial charge on any atom is -0.508 e. The summed E-state index contributed by atoms with van der Waals surface area (Å²) in [5, 5.41) is 12.1. The molecule has 0 spiro atoms. The molecule has 2 aromatic rings. The van der Waals surface area contributed by atoms with Crippen LogP contribution in [-0.4, -0.2) is 18.1 Å². The van der Waals surface area contributed by atoms with E-state index < -0.39 is 0 Å². The Bertz CT molecular complexity index is 1120. The van der Waals surface area contributed by atoms with Crippen molar-refractivity contribution >= 4 is 17.4 Å². The molecule has 0 unspecified atom stereocenters. The number of hydrogen-bond donors (Lipinski definition) is 2. The van der Waals surface area contributed by atoms with Crippen LogP contribution in [0.1, 0.15) is 62.9 Å². The molecule has 3 rings (SSSR count). The van der Waals surface area contributed by atoms with Gasteiger partial charge in [-0.3, -0.25) is 4.79 Å². The molecule has 0 heterocycles. The Kier molecular flexibility index (Phi) is 7.42. The average molecular weight is 450 g/mol. The summed E-state index contributed by atoms with van der Waals surface area (Å²) in [4.78, 5) is 12.6. The lowest BCUT2D eigenvalue weighted by Gasteiger charge is -2.33. The number of phenols is 1.